The van der Waals surface area contributed by atoms with E-state index in [-0.39, 0.29) is 11.8 Å². The van der Waals surface area contributed by atoms with Crippen LogP contribution < -0.4 is 16.7 Å². The normalized spacial score (nSPS) is 13.7. The largest absolute Gasteiger partial charge is 0.477 e. The van der Waals surface area contributed by atoms with Gasteiger partial charge in [0.2, 0.25) is 0 Å². The van der Waals surface area contributed by atoms with Crippen molar-refractivity contribution in [2.24, 2.45) is 10.9 Å². The quantitative estimate of drug-likeness (QED) is 0.173. The maximum absolute atomic E-state index is 10.2. The number of nitrogens with two attached hydrogens (primary N) is 1. The first kappa shape index (κ1) is 25.7. The maximum atomic E-state index is 10.2. The fourth-order valence-electron chi connectivity index (χ4n) is 0.464. The van der Waals surface area contributed by atoms with Crippen molar-refractivity contribution in [1.29, 1.82) is 0 Å². The van der Waals surface area contributed by atoms with Crippen molar-refractivity contribution in [2.45, 2.75) is 59.5 Å². The number of aliphatic carboxylic acids is 1. The summed E-state index contributed by atoms with van der Waals surface area (Å²) in [5.74, 6) is 4.05. The minimum atomic E-state index is -4.67. The monoisotopic (exact) mass is 344 g/mol. The molecule has 0 saturated carbocycles. The molecule has 2 atom stereocenters. The van der Waals surface area contributed by atoms with Crippen LogP contribution in [-0.4, -0.2) is 46.4 Å². The van der Waals surface area contributed by atoms with E-state index in [1.54, 1.807) is 0 Å². The fraction of sp³-hybridized carbons (Fsp3) is 0.818. The number of carbonyl (C=O) groups is 1. The van der Waals surface area contributed by atoms with Crippen LogP contribution in [0.2, 0.25) is 0 Å². The Morgan fingerprint density at radius 3 is 1.73 bits per heavy atom. The lowest BCUT2D eigenvalue weighted by Gasteiger charge is -2.06. The molecule has 22 heavy (non-hydrogen) atoms. The van der Waals surface area contributed by atoms with E-state index >= 15 is 0 Å². The minimum absolute atomic E-state index is 0.0882. The molecule has 0 bridgehead atoms. The standard InChI is InChI=1S/C7H14N2O2.C4H12N2.H2O4S/c1-4-5(2)8-9-6(3)7(10)11;1-3-4(2)6-5;1-5(2,3)4/h5,8H,4H2,1-3H3,(H,10,11);4,6H,3,5H2,1-2H3;(H2,1,2,3,4). The van der Waals surface area contributed by atoms with Crippen LogP contribution in [0.3, 0.4) is 0 Å². The number of nitrogens with one attached hydrogen (secondary N) is 2. The van der Waals surface area contributed by atoms with E-state index in [4.69, 9.17) is 28.5 Å². The summed E-state index contributed by atoms with van der Waals surface area (Å²) in [7, 11) is -4.67. The summed E-state index contributed by atoms with van der Waals surface area (Å²) in [5, 5.41) is 12.1. The number of hydrogen-bond donors (Lipinski definition) is 6. The molecule has 134 valence electrons. The molecule has 2 unspecified atom stereocenters. The lowest BCUT2D eigenvalue weighted by Crippen LogP contribution is -2.31. The molecule has 0 rings (SSSR count). The highest BCUT2D eigenvalue weighted by atomic mass is 32.3. The molecule has 0 spiro atoms. The van der Waals surface area contributed by atoms with E-state index in [9.17, 15) is 4.79 Å². The zero-order chi connectivity index (χ0) is 18.3. The first-order chi connectivity index (χ1) is 9.88. The average molecular weight is 344 g/mol. The Kier molecular flexibility index (Phi) is 17.1. The average Bonchev–Trinajstić information content (AvgIpc) is 2.41. The predicted molar refractivity (Wildman–Crippen MR) is 84.9 cm³/mol. The van der Waals surface area contributed by atoms with Gasteiger partial charge < -0.3 is 10.5 Å². The van der Waals surface area contributed by atoms with Crippen LogP contribution in [0.15, 0.2) is 5.10 Å². The first-order valence-corrected chi connectivity index (χ1v) is 7.97. The molecule has 7 N–H and O–H groups in total. The third-order valence-electron chi connectivity index (χ3n) is 2.27. The van der Waals surface area contributed by atoms with Crippen LogP contribution in [-0.2, 0) is 15.2 Å². The smallest absolute Gasteiger partial charge is 0.394 e. The van der Waals surface area contributed by atoms with E-state index in [0.29, 0.717) is 6.04 Å². The zero-order valence-corrected chi connectivity index (χ0v) is 14.4. The van der Waals surface area contributed by atoms with Gasteiger partial charge in [0.1, 0.15) is 5.71 Å². The van der Waals surface area contributed by atoms with Crippen molar-refractivity contribution >= 4 is 22.1 Å². The summed E-state index contributed by atoms with van der Waals surface area (Å²) >= 11 is 0. The third-order valence-corrected chi connectivity index (χ3v) is 2.27. The van der Waals surface area contributed by atoms with Gasteiger partial charge in [0.05, 0.1) is 0 Å². The maximum Gasteiger partial charge on any atom is 0.394 e. The molecule has 0 fully saturated rings. The Labute approximate surface area is 131 Å². The Morgan fingerprint density at radius 2 is 1.55 bits per heavy atom. The molecule has 0 aromatic carbocycles. The van der Waals surface area contributed by atoms with Crippen LogP contribution in [0, 0.1) is 0 Å². The van der Waals surface area contributed by atoms with Gasteiger partial charge in [0.25, 0.3) is 0 Å². The van der Waals surface area contributed by atoms with Gasteiger partial charge in [-0.15, -0.1) is 0 Å². The fourth-order valence-corrected chi connectivity index (χ4v) is 0.464. The Hall–Kier alpha value is -1.27. The molecule has 0 aliphatic carbocycles. The van der Waals surface area contributed by atoms with Gasteiger partial charge in [-0.05, 0) is 33.6 Å². The molecule has 0 aliphatic rings. The van der Waals surface area contributed by atoms with Crippen molar-refractivity contribution in [3.63, 3.8) is 0 Å². The number of nitrogens with zero attached hydrogens (tertiary/aromatic N) is 1. The highest BCUT2D eigenvalue weighted by Crippen LogP contribution is 1.87. The molecular weight excluding hydrogens is 316 g/mol. The second-order valence-corrected chi connectivity index (χ2v) is 5.26. The van der Waals surface area contributed by atoms with Crippen LogP contribution in [0.5, 0.6) is 0 Å². The number of hydrogen-bond acceptors (Lipinski definition) is 7. The molecule has 0 radical (unpaired) electrons. The van der Waals surface area contributed by atoms with Gasteiger partial charge in [0, 0.05) is 12.1 Å². The van der Waals surface area contributed by atoms with E-state index in [0.717, 1.165) is 12.8 Å². The van der Waals surface area contributed by atoms with Gasteiger partial charge in [-0.2, -0.15) is 13.5 Å². The highest BCUT2D eigenvalue weighted by Gasteiger charge is 2.01. The van der Waals surface area contributed by atoms with Crippen LogP contribution in [0.25, 0.3) is 0 Å². The summed E-state index contributed by atoms with van der Waals surface area (Å²) in [6.45, 7) is 9.53. The molecule has 0 aromatic heterocycles. The summed E-state index contributed by atoms with van der Waals surface area (Å²) in [6.07, 6.45) is 2.02. The van der Waals surface area contributed by atoms with Gasteiger partial charge in [0.15, 0.2) is 0 Å². The molecule has 11 heteroatoms. The number of carboxylic acid groups (broad SMARTS) is 1. The van der Waals surface area contributed by atoms with Crippen molar-refractivity contribution in [1.82, 2.24) is 10.9 Å². The lowest BCUT2D eigenvalue weighted by molar-refractivity contribution is -0.129. The van der Waals surface area contributed by atoms with Crippen LogP contribution in [0.4, 0.5) is 0 Å². The second-order valence-electron chi connectivity index (χ2n) is 4.36. The topological polar surface area (TPSA) is 174 Å². The molecular formula is C11H28N4O6S. The summed E-state index contributed by atoms with van der Waals surface area (Å²) < 4.78 is 31.6. The minimum Gasteiger partial charge on any atom is -0.477 e. The van der Waals surface area contributed by atoms with Gasteiger partial charge in [-0.1, -0.05) is 13.8 Å². The van der Waals surface area contributed by atoms with E-state index in [1.165, 1.54) is 6.92 Å². The van der Waals surface area contributed by atoms with Crippen LogP contribution >= 0.6 is 0 Å². The van der Waals surface area contributed by atoms with Gasteiger partial charge >= 0.3 is 16.4 Å². The predicted octanol–water partition coefficient (Wildman–Crippen LogP) is 0.430. The Morgan fingerprint density at radius 1 is 1.18 bits per heavy atom. The molecule has 10 nitrogen and oxygen atoms in total. The van der Waals surface area contributed by atoms with E-state index in [2.05, 4.69) is 22.9 Å². The van der Waals surface area contributed by atoms with Crippen molar-refractivity contribution < 1.29 is 27.4 Å². The highest BCUT2D eigenvalue weighted by molar-refractivity contribution is 7.79. The number of hydrazine groups is 1. The number of rotatable bonds is 6. The molecule has 0 heterocycles. The molecule has 0 aliphatic heterocycles. The van der Waals surface area contributed by atoms with Crippen LogP contribution in [0.1, 0.15) is 47.5 Å². The Balaban J connectivity index is -0.000000277. The lowest BCUT2D eigenvalue weighted by atomic mass is 10.3. The Bertz CT molecular complexity index is 401. The summed E-state index contributed by atoms with van der Waals surface area (Å²) in [4.78, 5) is 10.2. The third kappa shape index (κ3) is 31.2. The summed E-state index contributed by atoms with van der Waals surface area (Å²) in [6, 6.07) is 0.689. The molecule has 0 aromatic rings. The molecule has 0 saturated heterocycles. The first-order valence-electron chi connectivity index (χ1n) is 6.57. The van der Waals surface area contributed by atoms with E-state index < -0.39 is 16.4 Å². The van der Waals surface area contributed by atoms with Gasteiger partial charge in [-0.3, -0.25) is 20.4 Å². The second kappa shape index (κ2) is 14.7. The van der Waals surface area contributed by atoms with E-state index in [1.807, 2.05) is 20.8 Å². The zero-order valence-electron chi connectivity index (χ0n) is 13.6. The summed E-state index contributed by atoms with van der Waals surface area (Å²) in [5.41, 5.74) is 5.42. The van der Waals surface area contributed by atoms with Crippen molar-refractivity contribution in [3.8, 4) is 0 Å². The van der Waals surface area contributed by atoms with Crippen molar-refractivity contribution in [2.75, 3.05) is 0 Å². The van der Waals surface area contributed by atoms with Crippen molar-refractivity contribution in [3.05, 3.63) is 0 Å². The number of hydrazone groups is 1. The van der Waals surface area contributed by atoms with Gasteiger partial charge in [-0.25, -0.2) is 4.79 Å². The molecule has 0 amide bonds. The number of carboxylic acids is 1. The SMILES string of the molecule is CCC(C)NN.CCC(C)NN=C(C)C(=O)O.O=S(=O)(O)O.